The Hall–Kier alpha value is -3.19. The molecule has 0 fully saturated rings. The van der Waals surface area contributed by atoms with Gasteiger partial charge in [0.2, 0.25) is 10.0 Å². The van der Waals surface area contributed by atoms with Crippen molar-refractivity contribution in [3.63, 3.8) is 0 Å². The van der Waals surface area contributed by atoms with E-state index in [4.69, 9.17) is 4.42 Å². The number of hydrogen-bond donors (Lipinski definition) is 0. The first kappa shape index (κ1) is 21.1. The summed E-state index contributed by atoms with van der Waals surface area (Å²) in [6, 6.07) is 6.97. The number of alkyl halides is 2. The second-order valence-electron chi connectivity index (χ2n) is 6.26. The van der Waals surface area contributed by atoms with E-state index in [1.807, 2.05) is 0 Å². The number of imidazole rings is 1. The smallest absolute Gasteiger partial charge is 0.314 e. The second-order valence-corrected chi connectivity index (χ2v) is 9.56. The lowest BCUT2D eigenvalue weighted by molar-refractivity contribution is 0.116. The average Bonchev–Trinajstić information content (AvgIpc) is 3.53. The summed E-state index contributed by atoms with van der Waals surface area (Å²) in [6.45, 7) is 1.53. The van der Waals surface area contributed by atoms with Crippen LogP contribution in [0, 0.1) is 0 Å². The molecular formula is C18H16F2N6O3S2. The van der Waals surface area contributed by atoms with Crippen LogP contribution in [0.25, 0.3) is 16.5 Å². The molecule has 0 amide bonds. The van der Waals surface area contributed by atoms with Crippen molar-refractivity contribution in [1.29, 1.82) is 0 Å². The van der Waals surface area contributed by atoms with Gasteiger partial charge in [-0.25, -0.2) is 18.4 Å². The van der Waals surface area contributed by atoms with Crippen LogP contribution >= 0.6 is 11.3 Å². The van der Waals surface area contributed by atoms with Gasteiger partial charge < -0.3 is 8.98 Å². The van der Waals surface area contributed by atoms with Gasteiger partial charge in [-0.15, -0.1) is 21.5 Å². The van der Waals surface area contributed by atoms with Crippen LogP contribution < -0.4 is 4.31 Å². The van der Waals surface area contributed by atoms with Gasteiger partial charge in [-0.1, -0.05) is 0 Å². The van der Waals surface area contributed by atoms with Gasteiger partial charge in [0.15, 0.2) is 0 Å². The van der Waals surface area contributed by atoms with Crippen molar-refractivity contribution < 1.29 is 21.6 Å². The number of benzene rings is 1. The molecule has 0 aliphatic carbocycles. The fourth-order valence-electron chi connectivity index (χ4n) is 2.74. The summed E-state index contributed by atoms with van der Waals surface area (Å²) in [7, 11) is -3.61. The molecule has 0 atom stereocenters. The quantitative estimate of drug-likeness (QED) is 0.390. The van der Waals surface area contributed by atoms with Gasteiger partial charge in [0.05, 0.1) is 30.5 Å². The molecule has 0 radical (unpaired) electrons. The monoisotopic (exact) mass is 466 g/mol. The highest BCUT2D eigenvalue weighted by molar-refractivity contribution is 7.92. The lowest BCUT2D eigenvalue weighted by Crippen LogP contribution is -2.31. The van der Waals surface area contributed by atoms with Crippen LogP contribution in [0.5, 0.6) is 0 Å². The minimum atomic E-state index is -3.61. The molecule has 13 heteroatoms. The summed E-state index contributed by atoms with van der Waals surface area (Å²) in [5.74, 6) is -0.970. The van der Waals surface area contributed by atoms with Gasteiger partial charge in [-0.3, -0.25) is 4.31 Å². The van der Waals surface area contributed by atoms with Gasteiger partial charge in [-0.05, 0) is 31.2 Å². The number of hydrogen-bond acceptors (Lipinski definition) is 8. The maximum absolute atomic E-state index is 12.7. The molecule has 1 aromatic carbocycles. The normalized spacial score (nSPS) is 11.9. The van der Waals surface area contributed by atoms with E-state index in [2.05, 4.69) is 20.2 Å². The Bertz CT molecular complexity index is 1250. The van der Waals surface area contributed by atoms with E-state index in [0.29, 0.717) is 15.6 Å². The van der Waals surface area contributed by atoms with Crippen LogP contribution in [-0.2, 0) is 16.6 Å². The minimum absolute atomic E-state index is 0.0267. The molecular weight excluding hydrogens is 450 g/mol. The van der Waals surface area contributed by atoms with Crippen molar-refractivity contribution in [1.82, 2.24) is 24.7 Å². The van der Waals surface area contributed by atoms with Crippen LogP contribution in [0.4, 0.5) is 14.5 Å². The SMILES string of the molecule is CCS(=O)(=O)N(Cc1ncc(-c2nnc(C(F)F)o2)s1)c1ccc(-n2ccnc2)cc1. The van der Waals surface area contributed by atoms with Crippen LogP contribution in [0.3, 0.4) is 0 Å². The molecule has 31 heavy (non-hydrogen) atoms. The van der Waals surface area contributed by atoms with E-state index in [9.17, 15) is 17.2 Å². The fourth-order valence-corrected chi connectivity index (χ4v) is 4.72. The third kappa shape index (κ3) is 4.46. The highest BCUT2D eigenvalue weighted by atomic mass is 32.2. The number of anilines is 1. The Balaban J connectivity index is 1.60. The summed E-state index contributed by atoms with van der Waals surface area (Å²) < 4.78 is 58.8. The Kier molecular flexibility index (Phi) is 5.78. The molecule has 9 nitrogen and oxygen atoms in total. The third-order valence-electron chi connectivity index (χ3n) is 4.31. The molecule has 0 spiro atoms. The number of rotatable bonds is 8. The largest absolute Gasteiger partial charge is 0.414 e. The van der Waals surface area contributed by atoms with Gasteiger partial charge >= 0.3 is 6.43 Å². The number of nitrogens with zero attached hydrogens (tertiary/aromatic N) is 6. The Morgan fingerprint density at radius 2 is 2.00 bits per heavy atom. The summed E-state index contributed by atoms with van der Waals surface area (Å²) >= 11 is 1.09. The molecule has 0 saturated heterocycles. The van der Waals surface area contributed by atoms with Crippen molar-refractivity contribution in [2.24, 2.45) is 0 Å². The standard InChI is InChI=1S/C18H16F2N6O3S2/c1-2-31(27,28)26(13-5-3-12(4-6-13)25-8-7-21-11-25)10-15-22-9-14(30-15)17-23-24-18(29-17)16(19)20/h3-9,11,16H,2,10H2,1H3. The molecule has 3 heterocycles. The van der Waals surface area contributed by atoms with Gasteiger partial charge in [-0.2, -0.15) is 8.78 Å². The van der Waals surface area contributed by atoms with Gasteiger partial charge in [0, 0.05) is 18.1 Å². The molecule has 0 aliphatic heterocycles. The highest BCUT2D eigenvalue weighted by Crippen LogP contribution is 2.30. The van der Waals surface area contributed by atoms with E-state index < -0.39 is 22.3 Å². The van der Waals surface area contributed by atoms with Gasteiger partial charge in [0.25, 0.3) is 11.8 Å². The molecule has 162 valence electrons. The molecule has 0 aliphatic rings. The molecule has 3 aromatic heterocycles. The summed E-state index contributed by atoms with van der Waals surface area (Å²) in [6.07, 6.45) is 3.59. The topological polar surface area (TPSA) is 107 Å². The molecule has 0 saturated carbocycles. The van der Waals surface area contributed by atoms with E-state index in [0.717, 1.165) is 17.0 Å². The highest BCUT2D eigenvalue weighted by Gasteiger charge is 2.24. The Morgan fingerprint density at radius 3 is 2.61 bits per heavy atom. The lowest BCUT2D eigenvalue weighted by atomic mass is 10.3. The molecule has 0 bridgehead atoms. The zero-order valence-electron chi connectivity index (χ0n) is 16.1. The average molecular weight is 466 g/mol. The van der Waals surface area contributed by atoms with Crippen LogP contribution in [-0.4, -0.2) is 38.9 Å². The zero-order chi connectivity index (χ0) is 22.0. The molecule has 4 rings (SSSR count). The Labute approximate surface area is 180 Å². The number of thiazole rings is 1. The van der Waals surface area contributed by atoms with E-state index >= 15 is 0 Å². The summed E-state index contributed by atoms with van der Waals surface area (Å²) in [4.78, 5) is 8.57. The first-order valence-corrected chi connectivity index (χ1v) is 11.5. The minimum Gasteiger partial charge on any atom is -0.414 e. The third-order valence-corrected chi connectivity index (χ3v) is 7.02. The summed E-state index contributed by atoms with van der Waals surface area (Å²) in [5.41, 5.74) is 1.30. The maximum atomic E-state index is 12.7. The van der Waals surface area contributed by atoms with E-state index in [1.54, 1.807) is 54.5 Å². The van der Waals surface area contributed by atoms with Crippen LogP contribution in [0.2, 0.25) is 0 Å². The zero-order valence-corrected chi connectivity index (χ0v) is 17.7. The van der Waals surface area contributed by atoms with Crippen molar-refractivity contribution in [2.75, 3.05) is 10.1 Å². The molecule has 4 aromatic rings. The van der Waals surface area contributed by atoms with Crippen molar-refractivity contribution >= 4 is 27.0 Å². The summed E-state index contributed by atoms with van der Waals surface area (Å²) in [5, 5.41) is 7.33. The van der Waals surface area contributed by atoms with Crippen LogP contribution in [0.1, 0.15) is 24.2 Å². The van der Waals surface area contributed by atoms with Crippen LogP contribution in [0.15, 0.2) is 53.6 Å². The number of aromatic nitrogens is 5. The van der Waals surface area contributed by atoms with Crippen molar-refractivity contribution in [2.45, 2.75) is 19.9 Å². The number of halogens is 2. The van der Waals surface area contributed by atoms with Crippen molar-refractivity contribution in [3.05, 3.63) is 60.1 Å². The van der Waals surface area contributed by atoms with Crippen molar-refractivity contribution in [3.8, 4) is 16.5 Å². The van der Waals surface area contributed by atoms with Gasteiger partial charge in [0.1, 0.15) is 9.88 Å². The maximum Gasteiger partial charge on any atom is 0.314 e. The Morgan fingerprint density at radius 1 is 1.23 bits per heavy atom. The number of sulfonamides is 1. The predicted octanol–water partition coefficient (Wildman–Crippen LogP) is 3.67. The first-order valence-electron chi connectivity index (χ1n) is 9.03. The molecule has 0 N–H and O–H groups in total. The second kappa shape index (κ2) is 8.51. The van der Waals surface area contributed by atoms with E-state index in [-0.39, 0.29) is 18.2 Å². The lowest BCUT2D eigenvalue weighted by Gasteiger charge is -2.23. The van der Waals surface area contributed by atoms with E-state index in [1.165, 1.54) is 10.5 Å². The fraction of sp³-hybridized carbons (Fsp3) is 0.222. The molecule has 0 unspecified atom stereocenters. The first-order chi connectivity index (χ1) is 14.9. The predicted molar refractivity (Wildman–Crippen MR) is 110 cm³/mol.